The molecule has 0 N–H and O–H groups in total. The van der Waals surface area contributed by atoms with Gasteiger partial charge in [0.15, 0.2) is 5.60 Å². The number of terminal acetylenes is 2. The van der Waals surface area contributed by atoms with Crippen LogP contribution in [-0.4, -0.2) is 26.6 Å². The van der Waals surface area contributed by atoms with Gasteiger partial charge in [-0.3, -0.25) is 4.79 Å². The lowest BCUT2D eigenvalue weighted by Gasteiger charge is -2.40. The van der Waals surface area contributed by atoms with Crippen LogP contribution < -0.4 is 14.2 Å². The maximum atomic E-state index is 11.9. The van der Waals surface area contributed by atoms with Gasteiger partial charge in [0, 0.05) is 41.5 Å². The molecule has 5 nitrogen and oxygen atoms in total. The highest BCUT2D eigenvalue weighted by Crippen LogP contribution is 2.54. The fraction of sp³-hybridized carbons (Fsp3) is 0.148. The molecule has 0 aliphatic carbocycles. The Hall–Kier alpha value is -4.19. The molecule has 1 heterocycles. The van der Waals surface area contributed by atoms with E-state index < -0.39 is 5.60 Å². The normalized spacial score (nSPS) is 12.8. The van der Waals surface area contributed by atoms with Crippen LogP contribution in [-0.2, 0) is 10.3 Å². The highest BCUT2D eigenvalue weighted by molar-refractivity contribution is 5.80. The summed E-state index contributed by atoms with van der Waals surface area (Å²) in [5.41, 5.74) is 1.56. The summed E-state index contributed by atoms with van der Waals surface area (Å²) in [6.07, 6.45) is 11.5. The molecular weight excluding hydrogens is 404 g/mol. The Labute approximate surface area is 186 Å². The molecule has 0 aromatic heterocycles. The Bertz CT molecular complexity index is 1180. The van der Waals surface area contributed by atoms with Crippen LogP contribution in [0.25, 0.3) is 0 Å². The van der Waals surface area contributed by atoms with Gasteiger partial charge < -0.3 is 18.9 Å². The standard InChI is InChI=1S/C27H20O5/c1-4-14-30-20-10-12-23-25(16-20)32-26-17-21(31-15-5-2)11-13-24(26)27(23,29-3)22-9-7-6-8-19(22)18-28/h1-2,6-13,16-18H,14-15H2,3H3. The van der Waals surface area contributed by atoms with Gasteiger partial charge in [-0.2, -0.15) is 0 Å². The summed E-state index contributed by atoms with van der Waals surface area (Å²) in [5, 5.41) is 0. The van der Waals surface area contributed by atoms with Crippen LogP contribution in [0.1, 0.15) is 27.0 Å². The second-order valence-corrected chi connectivity index (χ2v) is 6.99. The van der Waals surface area contributed by atoms with E-state index in [2.05, 4.69) is 11.8 Å². The fourth-order valence-electron chi connectivity index (χ4n) is 3.99. The Morgan fingerprint density at radius 1 is 0.875 bits per heavy atom. The van der Waals surface area contributed by atoms with Crippen molar-refractivity contribution in [3.63, 3.8) is 0 Å². The lowest BCUT2D eigenvalue weighted by molar-refractivity contribution is 0.0489. The Morgan fingerprint density at radius 2 is 1.44 bits per heavy atom. The molecule has 5 heteroatoms. The lowest BCUT2D eigenvalue weighted by atomic mass is 9.76. The van der Waals surface area contributed by atoms with Crippen molar-refractivity contribution in [3.8, 4) is 47.7 Å². The molecule has 0 fully saturated rings. The number of fused-ring (bicyclic) bond motifs is 2. The van der Waals surface area contributed by atoms with Gasteiger partial charge >= 0.3 is 0 Å². The van der Waals surface area contributed by atoms with Crippen molar-refractivity contribution >= 4 is 6.29 Å². The van der Waals surface area contributed by atoms with Gasteiger partial charge in [-0.1, -0.05) is 36.1 Å². The Kier molecular flexibility index (Phi) is 5.85. The molecule has 32 heavy (non-hydrogen) atoms. The molecule has 0 saturated carbocycles. The molecular formula is C27H20O5. The van der Waals surface area contributed by atoms with E-state index in [1.54, 1.807) is 37.4 Å². The van der Waals surface area contributed by atoms with Crippen LogP contribution in [0.15, 0.2) is 60.7 Å². The van der Waals surface area contributed by atoms with Crippen LogP contribution in [0, 0.1) is 24.7 Å². The minimum absolute atomic E-state index is 0.128. The molecule has 0 unspecified atom stereocenters. The summed E-state index contributed by atoms with van der Waals surface area (Å²) in [5.74, 6) is 7.04. The van der Waals surface area contributed by atoms with Gasteiger partial charge in [-0.25, -0.2) is 0 Å². The maximum absolute atomic E-state index is 11.9. The van der Waals surface area contributed by atoms with Gasteiger partial charge in [0.25, 0.3) is 0 Å². The van der Waals surface area contributed by atoms with E-state index in [0.717, 1.165) is 17.4 Å². The number of hydrogen-bond donors (Lipinski definition) is 0. The summed E-state index contributed by atoms with van der Waals surface area (Å²) >= 11 is 0. The number of aldehydes is 1. The molecule has 0 amide bonds. The number of hydrogen-bond acceptors (Lipinski definition) is 5. The molecule has 158 valence electrons. The van der Waals surface area contributed by atoms with Crippen molar-refractivity contribution in [1.29, 1.82) is 0 Å². The average Bonchev–Trinajstić information content (AvgIpc) is 2.84. The average molecular weight is 424 g/mol. The predicted molar refractivity (Wildman–Crippen MR) is 120 cm³/mol. The highest BCUT2D eigenvalue weighted by atomic mass is 16.5. The summed E-state index contributed by atoms with van der Waals surface area (Å²) in [6.45, 7) is 0.256. The monoisotopic (exact) mass is 424 g/mol. The van der Waals surface area contributed by atoms with Gasteiger partial charge in [-0.15, -0.1) is 12.8 Å². The van der Waals surface area contributed by atoms with Gasteiger partial charge in [0.1, 0.15) is 42.5 Å². The Morgan fingerprint density at radius 3 is 1.94 bits per heavy atom. The first kappa shape index (κ1) is 21.1. The molecule has 0 atom stereocenters. The van der Waals surface area contributed by atoms with Crippen molar-refractivity contribution in [2.24, 2.45) is 0 Å². The van der Waals surface area contributed by atoms with Crippen LogP contribution >= 0.6 is 0 Å². The fourth-order valence-corrected chi connectivity index (χ4v) is 3.99. The van der Waals surface area contributed by atoms with Crippen LogP contribution in [0.5, 0.6) is 23.0 Å². The number of ether oxygens (including phenoxy) is 4. The zero-order valence-corrected chi connectivity index (χ0v) is 17.5. The quantitative estimate of drug-likeness (QED) is 0.411. The summed E-state index contributed by atoms with van der Waals surface area (Å²) < 4.78 is 23.6. The van der Waals surface area contributed by atoms with Crippen LogP contribution in [0.3, 0.4) is 0 Å². The van der Waals surface area contributed by atoms with E-state index in [9.17, 15) is 4.79 Å². The van der Waals surface area contributed by atoms with Crippen molar-refractivity contribution < 1.29 is 23.7 Å². The van der Waals surface area contributed by atoms with E-state index in [-0.39, 0.29) is 13.2 Å². The number of carbonyl (C=O) groups excluding carboxylic acids is 1. The molecule has 3 aromatic carbocycles. The second-order valence-electron chi connectivity index (χ2n) is 6.99. The molecule has 4 rings (SSSR count). The molecule has 0 saturated heterocycles. The maximum Gasteiger partial charge on any atom is 0.151 e. The Balaban J connectivity index is 1.97. The molecule has 1 aliphatic heterocycles. The summed E-state index contributed by atoms with van der Waals surface area (Å²) in [4.78, 5) is 11.9. The van der Waals surface area contributed by atoms with E-state index in [0.29, 0.717) is 34.1 Å². The molecule has 3 aromatic rings. The van der Waals surface area contributed by atoms with E-state index in [4.69, 9.17) is 31.8 Å². The molecule has 1 aliphatic rings. The molecule has 0 radical (unpaired) electrons. The SMILES string of the molecule is C#CCOc1ccc2c(c1)Oc1cc(OCC#C)ccc1C2(OC)c1ccccc1C=O. The van der Waals surface area contributed by atoms with E-state index >= 15 is 0 Å². The molecule has 0 bridgehead atoms. The first-order valence-corrected chi connectivity index (χ1v) is 9.87. The second kappa shape index (κ2) is 8.89. The minimum Gasteiger partial charge on any atom is -0.481 e. The predicted octanol–water partition coefficient (Wildman–Crippen LogP) is 4.57. The third-order valence-corrected chi connectivity index (χ3v) is 5.30. The van der Waals surface area contributed by atoms with E-state index in [1.807, 2.05) is 30.3 Å². The van der Waals surface area contributed by atoms with Gasteiger partial charge in [-0.05, 0) is 24.3 Å². The highest BCUT2D eigenvalue weighted by Gasteiger charge is 2.45. The summed E-state index contributed by atoms with van der Waals surface area (Å²) in [6, 6.07) is 18.1. The van der Waals surface area contributed by atoms with Gasteiger partial charge in [0.2, 0.25) is 0 Å². The number of carbonyl (C=O) groups is 1. The summed E-state index contributed by atoms with van der Waals surface area (Å²) in [7, 11) is 1.60. The zero-order valence-electron chi connectivity index (χ0n) is 17.5. The van der Waals surface area contributed by atoms with Crippen LogP contribution in [0.2, 0.25) is 0 Å². The van der Waals surface area contributed by atoms with E-state index in [1.165, 1.54) is 0 Å². The largest absolute Gasteiger partial charge is 0.481 e. The third kappa shape index (κ3) is 3.46. The number of rotatable bonds is 7. The van der Waals surface area contributed by atoms with Crippen molar-refractivity contribution in [1.82, 2.24) is 0 Å². The molecule has 0 spiro atoms. The lowest BCUT2D eigenvalue weighted by Crippen LogP contribution is -2.35. The van der Waals surface area contributed by atoms with Crippen molar-refractivity contribution in [2.45, 2.75) is 5.60 Å². The first-order valence-electron chi connectivity index (χ1n) is 9.87. The number of methoxy groups -OCH3 is 1. The topological polar surface area (TPSA) is 54.0 Å². The van der Waals surface area contributed by atoms with Gasteiger partial charge in [0.05, 0.1) is 0 Å². The number of benzene rings is 3. The smallest absolute Gasteiger partial charge is 0.151 e. The minimum atomic E-state index is -1.10. The van der Waals surface area contributed by atoms with Crippen molar-refractivity contribution in [2.75, 3.05) is 20.3 Å². The first-order chi connectivity index (χ1) is 15.7. The zero-order chi connectivity index (χ0) is 22.6. The van der Waals surface area contributed by atoms with Crippen LogP contribution in [0.4, 0.5) is 0 Å². The third-order valence-electron chi connectivity index (χ3n) is 5.30. The van der Waals surface area contributed by atoms with Crippen molar-refractivity contribution in [3.05, 3.63) is 82.9 Å².